The van der Waals surface area contributed by atoms with Crippen LogP contribution in [0, 0.1) is 13.8 Å². The molecule has 0 bridgehead atoms. The molecule has 0 aliphatic carbocycles. The molecule has 0 spiro atoms. The van der Waals surface area contributed by atoms with E-state index in [4.69, 9.17) is 4.84 Å². The van der Waals surface area contributed by atoms with Gasteiger partial charge in [-0.25, -0.2) is 0 Å². The molecule has 0 aromatic heterocycles. The van der Waals surface area contributed by atoms with Gasteiger partial charge in [-0.3, -0.25) is 0 Å². The Hall–Kier alpha value is -0.860. The zero-order valence-electron chi connectivity index (χ0n) is 10.3. The molecule has 0 heterocycles. The van der Waals surface area contributed by atoms with Crippen LogP contribution >= 0.6 is 0 Å². The molecule has 0 aliphatic rings. The molecule has 84 valence electrons. The highest BCUT2D eigenvalue weighted by molar-refractivity contribution is 5.38. The summed E-state index contributed by atoms with van der Waals surface area (Å²) in [6.07, 6.45) is 0. The fraction of sp³-hybridized carbons (Fsp3) is 0.538. The lowest BCUT2D eigenvalue weighted by Crippen LogP contribution is -2.12. The van der Waals surface area contributed by atoms with E-state index in [1.165, 1.54) is 22.3 Å². The maximum absolute atomic E-state index is 4.89. The van der Waals surface area contributed by atoms with Crippen LogP contribution in [0.5, 0.6) is 0 Å². The number of hydrogen-bond acceptors (Lipinski definition) is 2. The van der Waals surface area contributed by atoms with Gasteiger partial charge < -0.3 is 4.84 Å². The van der Waals surface area contributed by atoms with Crippen LogP contribution in [0.4, 0.5) is 0 Å². The maximum atomic E-state index is 4.89. The summed E-state index contributed by atoms with van der Waals surface area (Å²) in [6, 6.07) is 4.54. The van der Waals surface area contributed by atoms with Gasteiger partial charge in [0.2, 0.25) is 0 Å². The van der Waals surface area contributed by atoms with Gasteiger partial charge in [0.25, 0.3) is 0 Å². The minimum Gasteiger partial charge on any atom is -0.305 e. The van der Waals surface area contributed by atoms with Gasteiger partial charge in [-0.1, -0.05) is 26.0 Å². The van der Waals surface area contributed by atoms with E-state index >= 15 is 0 Å². The van der Waals surface area contributed by atoms with Crippen molar-refractivity contribution in [2.45, 2.75) is 40.2 Å². The molecule has 0 atom stereocenters. The number of hydrogen-bond donors (Lipinski definition) is 1. The molecular formula is C13H21NO. The van der Waals surface area contributed by atoms with Crippen molar-refractivity contribution in [1.29, 1.82) is 0 Å². The van der Waals surface area contributed by atoms with Gasteiger partial charge >= 0.3 is 0 Å². The Labute approximate surface area is 92.6 Å². The topological polar surface area (TPSA) is 21.3 Å². The molecule has 0 saturated carbocycles. The summed E-state index contributed by atoms with van der Waals surface area (Å²) >= 11 is 0. The number of aryl methyl sites for hydroxylation is 1. The largest absolute Gasteiger partial charge is 0.305 e. The maximum Gasteiger partial charge on any atom is 0.0572 e. The SMILES string of the molecule is CONCc1cc(C(C)C)cc(C)c1C. The van der Waals surface area contributed by atoms with Crippen molar-refractivity contribution in [1.82, 2.24) is 5.48 Å². The Bertz CT molecular complexity index is 332. The predicted molar refractivity (Wildman–Crippen MR) is 63.9 cm³/mol. The van der Waals surface area contributed by atoms with Crippen molar-refractivity contribution in [3.8, 4) is 0 Å². The lowest BCUT2D eigenvalue weighted by Gasteiger charge is -2.14. The number of benzene rings is 1. The lowest BCUT2D eigenvalue weighted by atomic mass is 9.94. The first-order valence-electron chi connectivity index (χ1n) is 5.42. The number of hydroxylamine groups is 1. The average molecular weight is 207 g/mol. The molecule has 1 N–H and O–H groups in total. The van der Waals surface area contributed by atoms with Crippen LogP contribution in [0.3, 0.4) is 0 Å². The summed E-state index contributed by atoms with van der Waals surface area (Å²) in [5, 5.41) is 0. The van der Waals surface area contributed by atoms with Gasteiger partial charge in [-0.05, 0) is 42.0 Å². The molecule has 0 unspecified atom stereocenters. The molecule has 0 aliphatic heterocycles. The minimum atomic E-state index is 0.575. The van der Waals surface area contributed by atoms with Crippen LogP contribution in [-0.2, 0) is 11.4 Å². The van der Waals surface area contributed by atoms with Gasteiger partial charge in [-0.15, -0.1) is 0 Å². The van der Waals surface area contributed by atoms with Crippen LogP contribution in [0.2, 0.25) is 0 Å². The average Bonchev–Trinajstić information content (AvgIpc) is 2.19. The van der Waals surface area contributed by atoms with Crippen molar-refractivity contribution in [3.63, 3.8) is 0 Å². The molecule has 0 radical (unpaired) electrons. The second-order valence-electron chi connectivity index (χ2n) is 4.30. The highest BCUT2D eigenvalue weighted by Gasteiger charge is 2.06. The van der Waals surface area contributed by atoms with Crippen molar-refractivity contribution in [3.05, 3.63) is 34.4 Å². The molecule has 0 fully saturated rings. The highest BCUT2D eigenvalue weighted by Crippen LogP contribution is 2.22. The van der Waals surface area contributed by atoms with Crippen LogP contribution in [0.25, 0.3) is 0 Å². The molecular weight excluding hydrogens is 186 g/mol. The van der Waals surface area contributed by atoms with Crippen LogP contribution < -0.4 is 5.48 Å². The molecule has 0 amide bonds. The third-order valence-electron chi connectivity index (χ3n) is 2.87. The van der Waals surface area contributed by atoms with Gasteiger partial charge in [0, 0.05) is 6.54 Å². The first-order valence-corrected chi connectivity index (χ1v) is 5.42. The monoisotopic (exact) mass is 207 g/mol. The van der Waals surface area contributed by atoms with Crippen LogP contribution in [0.15, 0.2) is 12.1 Å². The van der Waals surface area contributed by atoms with Crippen molar-refractivity contribution in [2.24, 2.45) is 0 Å². The van der Waals surface area contributed by atoms with Crippen molar-refractivity contribution in [2.75, 3.05) is 7.11 Å². The Kier molecular flexibility index (Phi) is 4.30. The fourth-order valence-corrected chi connectivity index (χ4v) is 1.63. The molecule has 2 heteroatoms. The van der Waals surface area contributed by atoms with E-state index in [0.29, 0.717) is 5.92 Å². The van der Waals surface area contributed by atoms with Crippen LogP contribution in [-0.4, -0.2) is 7.11 Å². The Morgan fingerprint density at radius 1 is 1.27 bits per heavy atom. The molecule has 1 rings (SSSR count). The molecule has 2 nitrogen and oxygen atoms in total. The highest BCUT2D eigenvalue weighted by atomic mass is 16.6. The summed E-state index contributed by atoms with van der Waals surface area (Å²) in [5.74, 6) is 0.575. The number of nitrogens with one attached hydrogen (secondary N) is 1. The van der Waals surface area contributed by atoms with E-state index < -0.39 is 0 Å². The quantitative estimate of drug-likeness (QED) is 0.766. The standard InChI is InChI=1S/C13H21NO/c1-9(2)12-6-10(3)11(4)13(7-12)8-14-15-5/h6-7,9,14H,8H2,1-5H3. The zero-order chi connectivity index (χ0) is 11.4. The van der Waals surface area contributed by atoms with Crippen molar-refractivity contribution >= 4 is 0 Å². The van der Waals surface area contributed by atoms with Gasteiger partial charge in [-0.2, -0.15) is 5.48 Å². The molecule has 1 aromatic rings. The summed E-state index contributed by atoms with van der Waals surface area (Å²) in [4.78, 5) is 4.89. The van der Waals surface area contributed by atoms with Gasteiger partial charge in [0.15, 0.2) is 0 Å². The summed E-state index contributed by atoms with van der Waals surface area (Å²) in [6.45, 7) is 9.53. The Balaban J connectivity index is 3.02. The van der Waals surface area contributed by atoms with E-state index in [-0.39, 0.29) is 0 Å². The summed E-state index contributed by atoms with van der Waals surface area (Å²) in [7, 11) is 1.65. The van der Waals surface area contributed by atoms with E-state index in [2.05, 4.69) is 45.3 Å². The zero-order valence-corrected chi connectivity index (χ0v) is 10.3. The smallest absolute Gasteiger partial charge is 0.0572 e. The van der Waals surface area contributed by atoms with E-state index in [1.807, 2.05) is 0 Å². The van der Waals surface area contributed by atoms with Gasteiger partial charge in [0.1, 0.15) is 0 Å². The third-order valence-corrected chi connectivity index (χ3v) is 2.87. The summed E-state index contributed by atoms with van der Waals surface area (Å²) < 4.78 is 0. The molecule has 0 saturated heterocycles. The second kappa shape index (κ2) is 5.29. The Morgan fingerprint density at radius 3 is 2.47 bits per heavy atom. The second-order valence-corrected chi connectivity index (χ2v) is 4.30. The third kappa shape index (κ3) is 3.05. The molecule has 15 heavy (non-hydrogen) atoms. The fourth-order valence-electron chi connectivity index (χ4n) is 1.63. The van der Waals surface area contributed by atoms with E-state index in [9.17, 15) is 0 Å². The van der Waals surface area contributed by atoms with E-state index in [1.54, 1.807) is 7.11 Å². The van der Waals surface area contributed by atoms with Gasteiger partial charge in [0.05, 0.1) is 7.11 Å². The minimum absolute atomic E-state index is 0.575. The van der Waals surface area contributed by atoms with Crippen molar-refractivity contribution < 1.29 is 4.84 Å². The predicted octanol–water partition coefficient (Wildman–Crippen LogP) is 3.08. The first-order chi connectivity index (χ1) is 7.06. The molecule has 1 aromatic carbocycles. The van der Waals surface area contributed by atoms with Crippen LogP contribution in [0.1, 0.15) is 42.0 Å². The van der Waals surface area contributed by atoms with E-state index in [0.717, 1.165) is 6.54 Å². The first kappa shape index (κ1) is 12.2. The lowest BCUT2D eigenvalue weighted by molar-refractivity contribution is 0.0865. The number of rotatable bonds is 4. The normalized spacial score (nSPS) is 11.1. The summed E-state index contributed by atoms with van der Waals surface area (Å²) in [5.41, 5.74) is 8.32. The Morgan fingerprint density at radius 2 is 1.93 bits per heavy atom.